The molecule has 2 fully saturated rings. The number of rotatable bonds is 6. The number of nitrogens with two attached hydrogens (primary N) is 1. The van der Waals surface area contributed by atoms with Crippen LogP contribution >= 0.6 is 0 Å². The number of nitrogens with one attached hydrogen (secondary N) is 1. The molecular weight excluding hydrogens is 462 g/mol. The highest BCUT2D eigenvalue weighted by atomic mass is 16.1. The van der Waals surface area contributed by atoms with Gasteiger partial charge in [0.15, 0.2) is 5.65 Å². The van der Waals surface area contributed by atoms with Gasteiger partial charge in [-0.15, -0.1) is 0 Å². The molecule has 2 aliphatic rings. The van der Waals surface area contributed by atoms with Crippen LogP contribution in [0.15, 0.2) is 67.0 Å². The zero-order valence-electron chi connectivity index (χ0n) is 21.0. The van der Waals surface area contributed by atoms with Gasteiger partial charge < -0.3 is 16.0 Å². The second kappa shape index (κ2) is 10.2. The second-order valence-electron chi connectivity index (χ2n) is 10.1. The van der Waals surface area contributed by atoms with Crippen molar-refractivity contribution in [1.29, 1.82) is 0 Å². The van der Waals surface area contributed by atoms with E-state index in [9.17, 15) is 4.79 Å². The number of hydrogen-bond donors (Lipinski definition) is 2. The van der Waals surface area contributed by atoms with Crippen molar-refractivity contribution in [2.75, 3.05) is 36.4 Å². The maximum absolute atomic E-state index is 11.4. The van der Waals surface area contributed by atoms with Crippen molar-refractivity contribution in [3.05, 3.63) is 72.6 Å². The Morgan fingerprint density at radius 3 is 2.30 bits per heavy atom. The lowest BCUT2D eigenvalue weighted by Crippen LogP contribution is -2.50. The van der Waals surface area contributed by atoms with Gasteiger partial charge in [0.25, 0.3) is 0 Å². The van der Waals surface area contributed by atoms with Crippen LogP contribution in [0.2, 0.25) is 0 Å². The minimum absolute atomic E-state index is 0.440. The van der Waals surface area contributed by atoms with Gasteiger partial charge in [0.2, 0.25) is 5.91 Å². The summed E-state index contributed by atoms with van der Waals surface area (Å²) in [5.41, 5.74) is 11.6. The van der Waals surface area contributed by atoms with Crippen LogP contribution in [0, 0.1) is 0 Å². The highest BCUT2D eigenvalue weighted by molar-refractivity contribution is 5.93. The monoisotopic (exact) mass is 495 g/mol. The van der Waals surface area contributed by atoms with E-state index in [1.54, 1.807) is 18.5 Å². The number of pyridine rings is 1. The molecule has 6 rings (SSSR count). The lowest BCUT2D eigenvalue weighted by atomic mass is 9.94. The molecule has 8 nitrogen and oxygen atoms in total. The van der Waals surface area contributed by atoms with Crippen molar-refractivity contribution in [2.45, 2.75) is 38.1 Å². The van der Waals surface area contributed by atoms with E-state index in [1.165, 1.54) is 37.8 Å². The van der Waals surface area contributed by atoms with Gasteiger partial charge in [-0.1, -0.05) is 31.4 Å². The fourth-order valence-corrected chi connectivity index (χ4v) is 5.73. The molecule has 1 saturated carbocycles. The molecule has 1 aliphatic heterocycles. The fourth-order valence-electron chi connectivity index (χ4n) is 5.73. The van der Waals surface area contributed by atoms with Gasteiger partial charge in [0.1, 0.15) is 6.33 Å². The zero-order valence-corrected chi connectivity index (χ0v) is 21.0. The highest BCUT2D eigenvalue weighted by Crippen LogP contribution is 2.29. The number of primary amides is 1. The summed E-state index contributed by atoms with van der Waals surface area (Å²) < 4.78 is 1.81. The van der Waals surface area contributed by atoms with E-state index in [4.69, 9.17) is 5.73 Å². The van der Waals surface area contributed by atoms with Crippen molar-refractivity contribution >= 4 is 28.6 Å². The third-order valence-electron chi connectivity index (χ3n) is 7.81. The third-order valence-corrected chi connectivity index (χ3v) is 7.81. The Balaban J connectivity index is 1.14. The second-order valence-corrected chi connectivity index (χ2v) is 10.1. The molecule has 1 saturated heterocycles. The smallest absolute Gasteiger partial charge is 0.248 e. The lowest BCUT2D eigenvalue weighted by molar-refractivity contribution is 0.100. The van der Waals surface area contributed by atoms with Crippen LogP contribution < -0.4 is 16.0 Å². The molecule has 1 amide bonds. The SMILES string of the molecule is NC(=O)c1ccc(-c2ccc(Nc3ccc(N4CCN(C5CCCCC5)CC4)cc3)c3ncnn23)cc1. The summed E-state index contributed by atoms with van der Waals surface area (Å²) in [6.45, 7) is 4.50. The summed E-state index contributed by atoms with van der Waals surface area (Å²) in [7, 11) is 0. The van der Waals surface area contributed by atoms with Gasteiger partial charge in [-0.2, -0.15) is 5.10 Å². The number of fused-ring (bicyclic) bond motifs is 1. The first kappa shape index (κ1) is 23.5. The first-order chi connectivity index (χ1) is 18.2. The minimum atomic E-state index is -0.440. The van der Waals surface area contributed by atoms with Crippen molar-refractivity contribution in [3.63, 3.8) is 0 Å². The van der Waals surface area contributed by atoms with Gasteiger partial charge in [-0.05, 0) is 61.4 Å². The highest BCUT2D eigenvalue weighted by Gasteiger charge is 2.25. The normalized spacial score (nSPS) is 17.2. The maximum atomic E-state index is 11.4. The zero-order chi connectivity index (χ0) is 25.2. The molecule has 0 atom stereocenters. The fraction of sp³-hybridized carbons (Fsp3) is 0.345. The Kier molecular flexibility index (Phi) is 6.49. The van der Waals surface area contributed by atoms with E-state index in [0.29, 0.717) is 5.56 Å². The van der Waals surface area contributed by atoms with Crippen LogP contribution in [0.4, 0.5) is 17.1 Å². The van der Waals surface area contributed by atoms with Gasteiger partial charge in [-0.25, -0.2) is 9.50 Å². The molecule has 4 aromatic rings. The van der Waals surface area contributed by atoms with Crippen LogP contribution in [-0.2, 0) is 0 Å². The van der Waals surface area contributed by atoms with Gasteiger partial charge in [-0.3, -0.25) is 9.69 Å². The molecule has 0 spiro atoms. The molecule has 0 unspecified atom stereocenters. The molecule has 0 radical (unpaired) electrons. The Hall–Kier alpha value is -3.91. The number of piperazine rings is 1. The predicted molar refractivity (Wildman–Crippen MR) is 147 cm³/mol. The van der Waals surface area contributed by atoms with Gasteiger partial charge in [0.05, 0.1) is 11.4 Å². The first-order valence-electron chi connectivity index (χ1n) is 13.2. The molecule has 1 aliphatic carbocycles. The average Bonchev–Trinajstić information content (AvgIpc) is 3.45. The number of carbonyl (C=O) groups is 1. The third kappa shape index (κ3) is 4.89. The van der Waals surface area contributed by atoms with E-state index in [1.807, 2.05) is 28.8 Å². The van der Waals surface area contributed by atoms with E-state index in [2.05, 4.69) is 49.5 Å². The molecule has 37 heavy (non-hydrogen) atoms. The topological polar surface area (TPSA) is 91.8 Å². The standard InChI is InChI=1S/C29H33N7O/c30-28(37)22-8-6-21(7-9-22)27-15-14-26(29-31-20-32-36(27)29)33-23-10-12-25(13-11-23)35-18-16-34(17-19-35)24-4-2-1-3-5-24/h6-15,20,24,33H,1-5,16-19H2,(H2,30,37). The Morgan fingerprint density at radius 2 is 1.59 bits per heavy atom. The average molecular weight is 496 g/mol. The van der Waals surface area contributed by atoms with Crippen molar-refractivity contribution < 1.29 is 4.79 Å². The maximum Gasteiger partial charge on any atom is 0.248 e. The molecule has 190 valence electrons. The van der Waals surface area contributed by atoms with Crippen molar-refractivity contribution in [1.82, 2.24) is 19.5 Å². The summed E-state index contributed by atoms with van der Waals surface area (Å²) >= 11 is 0. The Bertz CT molecular complexity index is 1370. The number of hydrogen-bond acceptors (Lipinski definition) is 6. The first-order valence-corrected chi connectivity index (χ1v) is 13.2. The Labute approximate surface area is 217 Å². The summed E-state index contributed by atoms with van der Waals surface area (Å²) in [4.78, 5) is 21.1. The van der Waals surface area contributed by atoms with Crippen LogP contribution in [0.25, 0.3) is 16.9 Å². The summed E-state index contributed by atoms with van der Waals surface area (Å²) in [6.07, 6.45) is 8.51. The molecule has 3 N–H and O–H groups in total. The van der Waals surface area contributed by atoms with Crippen LogP contribution in [0.5, 0.6) is 0 Å². The van der Waals surface area contributed by atoms with E-state index in [-0.39, 0.29) is 0 Å². The Morgan fingerprint density at radius 1 is 0.865 bits per heavy atom. The quantitative estimate of drug-likeness (QED) is 0.403. The largest absolute Gasteiger partial charge is 0.369 e. The molecule has 2 aromatic carbocycles. The van der Waals surface area contributed by atoms with Gasteiger partial charge in [0, 0.05) is 54.7 Å². The molecule has 2 aromatic heterocycles. The molecular formula is C29H33N7O. The van der Waals surface area contributed by atoms with E-state index in [0.717, 1.165) is 60.5 Å². The minimum Gasteiger partial charge on any atom is -0.369 e. The number of anilines is 3. The summed E-state index contributed by atoms with van der Waals surface area (Å²) in [5.74, 6) is -0.440. The number of nitrogens with zero attached hydrogens (tertiary/aromatic N) is 5. The van der Waals surface area contributed by atoms with Gasteiger partial charge >= 0.3 is 0 Å². The number of benzene rings is 2. The van der Waals surface area contributed by atoms with Crippen molar-refractivity contribution in [3.8, 4) is 11.3 Å². The summed E-state index contributed by atoms with van der Waals surface area (Å²) in [6, 6.07) is 20.7. The number of amides is 1. The van der Waals surface area contributed by atoms with Crippen LogP contribution in [-0.4, -0.2) is 57.6 Å². The van der Waals surface area contributed by atoms with E-state index >= 15 is 0 Å². The molecule has 8 heteroatoms. The predicted octanol–water partition coefficient (Wildman–Crippen LogP) is 4.69. The molecule has 3 heterocycles. The van der Waals surface area contributed by atoms with Crippen LogP contribution in [0.1, 0.15) is 42.5 Å². The van der Waals surface area contributed by atoms with Crippen molar-refractivity contribution in [2.24, 2.45) is 5.73 Å². The van der Waals surface area contributed by atoms with E-state index < -0.39 is 5.91 Å². The number of carbonyl (C=O) groups excluding carboxylic acids is 1. The van der Waals surface area contributed by atoms with Crippen LogP contribution in [0.3, 0.4) is 0 Å². The number of aromatic nitrogens is 3. The molecule has 0 bridgehead atoms. The summed E-state index contributed by atoms with van der Waals surface area (Å²) in [5, 5.41) is 7.94. The lowest BCUT2D eigenvalue weighted by Gasteiger charge is -2.41.